The average Bonchev–Trinajstić information content (AvgIpc) is 2.27. The van der Waals surface area contributed by atoms with E-state index in [1.54, 1.807) is 4.90 Å². The fraction of sp³-hybridized carbons (Fsp3) is 0.846. The molecule has 3 aliphatic rings. The fourth-order valence-electron chi connectivity index (χ4n) is 5.43. The number of rotatable bonds is 5. The summed E-state index contributed by atoms with van der Waals surface area (Å²) in [6.45, 7) is 4.04. The molecule has 0 aliphatic heterocycles. The molecule has 0 radical (unpaired) electrons. The van der Waals surface area contributed by atoms with E-state index in [1.807, 2.05) is 0 Å². The van der Waals surface area contributed by atoms with Crippen LogP contribution in [0.1, 0.15) is 26.7 Å². The summed E-state index contributed by atoms with van der Waals surface area (Å²) in [4.78, 5) is 23.7. The first-order chi connectivity index (χ1) is 8.34. The molecule has 0 bridgehead atoms. The first-order valence-electron chi connectivity index (χ1n) is 6.52. The molecule has 3 fully saturated rings. The zero-order chi connectivity index (χ0) is 13.3. The summed E-state index contributed by atoms with van der Waals surface area (Å²) in [7, 11) is 0. The lowest BCUT2D eigenvalue weighted by Crippen LogP contribution is -2.90. The Morgan fingerprint density at radius 3 is 2.17 bits per heavy atom. The van der Waals surface area contributed by atoms with Gasteiger partial charge >= 0.3 is 11.9 Å². The van der Waals surface area contributed by atoms with Crippen LogP contribution in [0.3, 0.4) is 0 Å². The van der Waals surface area contributed by atoms with Gasteiger partial charge in [0.15, 0.2) is 0 Å². The molecule has 0 heterocycles. The van der Waals surface area contributed by atoms with Crippen molar-refractivity contribution < 1.29 is 19.8 Å². The second-order valence-corrected chi connectivity index (χ2v) is 6.38. The minimum absolute atomic E-state index is 0.161. The maximum atomic E-state index is 11.0. The monoisotopic (exact) mass is 253 g/mol. The molecule has 0 saturated heterocycles. The molecular weight excluding hydrogens is 234 g/mol. The third-order valence-corrected chi connectivity index (χ3v) is 6.22. The Hall–Kier alpha value is -1.10. The molecule has 0 aromatic heterocycles. The highest BCUT2D eigenvalue weighted by molar-refractivity contribution is 5.73. The van der Waals surface area contributed by atoms with Gasteiger partial charge in [0.2, 0.25) is 0 Å². The van der Waals surface area contributed by atoms with Crippen LogP contribution in [-0.2, 0) is 9.59 Å². The van der Waals surface area contributed by atoms with Crippen LogP contribution in [-0.4, -0.2) is 45.7 Å². The van der Waals surface area contributed by atoms with Crippen LogP contribution in [0.2, 0.25) is 0 Å². The Kier molecular flexibility index (Phi) is 2.17. The first kappa shape index (κ1) is 12.0. The van der Waals surface area contributed by atoms with E-state index < -0.39 is 11.9 Å². The predicted octanol–water partition coefficient (Wildman–Crippen LogP) is 0.892. The lowest BCUT2D eigenvalue weighted by molar-refractivity contribution is -0.382. The molecule has 0 aromatic carbocycles. The molecule has 18 heavy (non-hydrogen) atoms. The molecule has 3 saturated carbocycles. The van der Waals surface area contributed by atoms with Gasteiger partial charge in [0, 0.05) is 5.54 Å². The van der Waals surface area contributed by atoms with Crippen molar-refractivity contribution in [3.8, 4) is 0 Å². The number of nitrogens with zero attached hydrogens (tertiary/aromatic N) is 1. The van der Waals surface area contributed by atoms with Crippen molar-refractivity contribution in [1.29, 1.82) is 0 Å². The van der Waals surface area contributed by atoms with Gasteiger partial charge in [0.1, 0.15) is 0 Å². The lowest BCUT2D eigenvalue weighted by Gasteiger charge is -2.88. The van der Waals surface area contributed by atoms with Crippen molar-refractivity contribution >= 4 is 11.9 Å². The Balaban J connectivity index is 1.86. The Morgan fingerprint density at radius 1 is 1.28 bits per heavy atom. The molecule has 5 heteroatoms. The van der Waals surface area contributed by atoms with Crippen LogP contribution in [0.25, 0.3) is 0 Å². The van der Waals surface area contributed by atoms with Gasteiger partial charge in [0.25, 0.3) is 0 Å². The summed E-state index contributed by atoms with van der Waals surface area (Å²) < 4.78 is 0. The quantitative estimate of drug-likeness (QED) is 0.761. The average molecular weight is 253 g/mol. The number of hydrogen-bond acceptors (Lipinski definition) is 3. The number of hydrogen-bond donors (Lipinski definition) is 2. The molecule has 0 amide bonds. The van der Waals surface area contributed by atoms with E-state index >= 15 is 0 Å². The summed E-state index contributed by atoms with van der Waals surface area (Å²) in [5.41, 5.74) is 0.00861. The first-order valence-corrected chi connectivity index (χ1v) is 6.52. The zero-order valence-corrected chi connectivity index (χ0v) is 10.7. The van der Waals surface area contributed by atoms with Crippen LogP contribution in [0.5, 0.6) is 0 Å². The lowest BCUT2D eigenvalue weighted by atomic mass is 9.20. The van der Waals surface area contributed by atoms with E-state index in [0.29, 0.717) is 17.8 Å². The van der Waals surface area contributed by atoms with E-state index in [-0.39, 0.29) is 24.0 Å². The fourth-order valence-corrected chi connectivity index (χ4v) is 5.43. The van der Waals surface area contributed by atoms with E-state index in [9.17, 15) is 9.59 Å². The SMILES string of the molecule is C[C@@H]1[C@H]2C[C@H]3C[C@@]1(N(CC(=O)O)CC(=O)O)C32C. The van der Waals surface area contributed by atoms with Gasteiger partial charge < -0.3 is 10.2 Å². The highest BCUT2D eigenvalue weighted by Gasteiger charge is 2.84. The van der Waals surface area contributed by atoms with Gasteiger partial charge in [0.05, 0.1) is 13.1 Å². The van der Waals surface area contributed by atoms with E-state index in [4.69, 9.17) is 10.2 Å². The Labute approximate surface area is 106 Å². The zero-order valence-electron chi connectivity index (χ0n) is 10.7. The van der Waals surface area contributed by atoms with Gasteiger partial charge in [-0.2, -0.15) is 0 Å². The van der Waals surface area contributed by atoms with Crippen LogP contribution < -0.4 is 0 Å². The Morgan fingerprint density at radius 2 is 1.83 bits per heavy atom. The molecule has 2 N–H and O–H groups in total. The smallest absolute Gasteiger partial charge is 0.317 e. The van der Waals surface area contributed by atoms with Crippen LogP contribution >= 0.6 is 0 Å². The van der Waals surface area contributed by atoms with Gasteiger partial charge in [-0.1, -0.05) is 13.8 Å². The third kappa shape index (κ3) is 1.03. The highest BCUT2D eigenvalue weighted by Crippen LogP contribution is 2.84. The number of carboxylic acid groups (broad SMARTS) is 2. The van der Waals surface area contributed by atoms with E-state index in [1.165, 1.54) is 6.42 Å². The van der Waals surface area contributed by atoms with Gasteiger partial charge in [-0.05, 0) is 36.0 Å². The van der Waals surface area contributed by atoms with E-state index in [2.05, 4.69) is 13.8 Å². The Bertz CT molecular complexity index is 421. The largest absolute Gasteiger partial charge is 0.480 e. The minimum atomic E-state index is -0.937. The van der Waals surface area contributed by atoms with Crippen LogP contribution in [0.4, 0.5) is 0 Å². The van der Waals surface area contributed by atoms with Crippen molar-refractivity contribution in [1.82, 2.24) is 4.90 Å². The molecule has 3 aliphatic carbocycles. The molecular formula is C13H19NO4. The maximum Gasteiger partial charge on any atom is 0.317 e. The maximum absolute atomic E-state index is 11.0. The number of aliphatic carboxylic acids is 2. The summed E-state index contributed by atoms with van der Waals surface area (Å²) in [6, 6.07) is 0. The summed E-state index contributed by atoms with van der Waals surface area (Å²) in [5.74, 6) is -0.100. The third-order valence-electron chi connectivity index (χ3n) is 6.22. The molecule has 0 aromatic rings. The van der Waals surface area contributed by atoms with Crippen LogP contribution in [0, 0.1) is 23.2 Å². The number of carbonyl (C=O) groups is 2. The molecule has 5 atom stereocenters. The van der Waals surface area contributed by atoms with E-state index in [0.717, 1.165) is 6.42 Å². The molecule has 1 unspecified atom stereocenters. The normalized spacial score (nSPS) is 47.6. The van der Waals surface area contributed by atoms with Crippen molar-refractivity contribution in [2.24, 2.45) is 23.2 Å². The van der Waals surface area contributed by atoms with Gasteiger partial charge in [-0.25, -0.2) is 0 Å². The predicted molar refractivity (Wildman–Crippen MR) is 63.1 cm³/mol. The summed E-state index contributed by atoms with van der Waals surface area (Å²) >= 11 is 0. The highest BCUT2D eigenvalue weighted by atomic mass is 16.4. The standard InChI is InChI=1S/C13H19NO4/c1-7-9-3-8-4-13(7,12(8,9)2)14(5-10(15)16)6-11(17)18/h7-9H,3-6H2,1-2H3,(H,15,16)(H,17,18)/t7-,8+,9-,12?,13+/m1/s1. The van der Waals surface area contributed by atoms with Crippen molar-refractivity contribution in [3.63, 3.8) is 0 Å². The molecule has 100 valence electrons. The summed E-state index contributed by atoms with van der Waals surface area (Å²) in [5, 5.41) is 18.0. The van der Waals surface area contributed by atoms with Crippen LogP contribution in [0.15, 0.2) is 0 Å². The molecule has 0 spiro atoms. The number of carboxylic acids is 2. The molecule has 3 rings (SSSR count). The van der Waals surface area contributed by atoms with Crippen molar-refractivity contribution in [2.45, 2.75) is 32.2 Å². The minimum Gasteiger partial charge on any atom is -0.480 e. The van der Waals surface area contributed by atoms with Gasteiger partial charge in [-0.15, -0.1) is 0 Å². The second-order valence-electron chi connectivity index (χ2n) is 6.38. The summed E-state index contributed by atoms with van der Waals surface area (Å²) in [6.07, 6.45) is 2.22. The topological polar surface area (TPSA) is 77.8 Å². The van der Waals surface area contributed by atoms with Gasteiger partial charge in [-0.3, -0.25) is 14.5 Å². The second kappa shape index (κ2) is 3.26. The van der Waals surface area contributed by atoms with Crippen molar-refractivity contribution in [2.75, 3.05) is 13.1 Å². The van der Waals surface area contributed by atoms with Crippen molar-refractivity contribution in [3.05, 3.63) is 0 Å². The molecule has 5 nitrogen and oxygen atoms in total.